The molecule has 1 rings (SSSR count). The number of aliphatic hydroxyl groups is 1. The second kappa shape index (κ2) is 12.2. The van der Waals surface area contributed by atoms with Crippen LogP contribution in [-0.2, 0) is 6.54 Å². The van der Waals surface area contributed by atoms with E-state index in [1.54, 1.807) is 6.92 Å². The van der Waals surface area contributed by atoms with E-state index in [1.807, 2.05) is 14.1 Å². The Morgan fingerprint density at radius 3 is 2.10 bits per heavy atom. The quantitative estimate of drug-likeness (QED) is 0.637. The predicted octanol–water partition coefficient (Wildman–Crippen LogP) is 1.66. The van der Waals surface area contributed by atoms with Gasteiger partial charge in [0.15, 0.2) is 0 Å². The van der Waals surface area contributed by atoms with Crippen LogP contribution in [0.3, 0.4) is 0 Å². The topological polar surface area (TPSA) is 47.5 Å². The zero-order chi connectivity index (χ0) is 13.4. The van der Waals surface area contributed by atoms with Gasteiger partial charge in [-0.3, -0.25) is 0 Å². The molecule has 20 heavy (non-hydrogen) atoms. The molecule has 0 bridgehead atoms. The first kappa shape index (κ1) is 21.8. The molecule has 1 aromatic carbocycles. The molecule has 3 N–H and O–H groups in total. The van der Waals surface area contributed by atoms with E-state index in [0.717, 1.165) is 19.6 Å². The summed E-state index contributed by atoms with van der Waals surface area (Å²) in [6.45, 7) is 5.10. The Labute approximate surface area is 134 Å². The van der Waals surface area contributed by atoms with Crippen LogP contribution < -0.4 is 15.5 Å². The van der Waals surface area contributed by atoms with Crippen molar-refractivity contribution in [3.8, 4) is 0 Å². The van der Waals surface area contributed by atoms with Crippen LogP contribution in [0.1, 0.15) is 12.5 Å². The van der Waals surface area contributed by atoms with E-state index >= 15 is 0 Å². The molecule has 0 saturated carbocycles. The lowest BCUT2D eigenvalue weighted by molar-refractivity contribution is 0.191. The highest BCUT2D eigenvalue weighted by atomic mass is 35.5. The number of nitrogens with zero attached hydrogens (tertiary/aromatic N) is 1. The van der Waals surface area contributed by atoms with E-state index in [-0.39, 0.29) is 30.9 Å². The van der Waals surface area contributed by atoms with Crippen LogP contribution in [0.25, 0.3) is 0 Å². The molecule has 1 atom stereocenters. The van der Waals surface area contributed by atoms with Gasteiger partial charge in [-0.05, 0) is 24.6 Å². The number of hydrogen-bond acceptors (Lipinski definition) is 4. The fourth-order valence-electron chi connectivity index (χ4n) is 1.63. The largest absolute Gasteiger partial charge is 0.392 e. The zero-order valence-corrected chi connectivity index (χ0v) is 14.1. The molecule has 0 saturated heterocycles. The molecule has 0 spiro atoms. The summed E-state index contributed by atoms with van der Waals surface area (Å²) in [7, 11) is 4.09. The van der Waals surface area contributed by atoms with E-state index in [9.17, 15) is 0 Å². The van der Waals surface area contributed by atoms with Crippen molar-refractivity contribution >= 4 is 30.5 Å². The summed E-state index contributed by atoms with van der Waals surface area (Å²) in [5, 5.41) is 15.6. The summed E-state index contributed by atoms with van der Waals surface area (Å²) >= 11 is 0. The maximum atomic E-state index is 9.07. The van der Waals surface area contributed by atoms with Gasteiger partial charge in [-0.25, -0.2) is 0 Å². The van der Waals surface area contributed by atoms with Crippen LogP contribution >= 0.6 is 24.8 Å². The van der Waals surface area contributed by atoms with Crippen molar-refractivity contribution in [2.24, 2.45) is 0 Å². The van der Waals surface area contributed by atoms with Crippen molar-refractivity contribution in [3.05, 3.63) is 29.8 Å². The highest BCUT2D eigenvalue weighted by Gasteiger charge is 1.96. The lowest BCUT2D eigenvalue weighted by Gasteiger charge is -2.13. The van der Waals surface area contributed by atoms with Gasteiger partial charge in [-0.2, -0.15) is 0 Å². The molecular formula is C14H27Cl2N3O. The molecule has 118 valence electrons. The first-order valence-electron chi connectivity index (χ1n) is 6.45. The van der Waals surface area contributed by atoms with Crippen molar-refractivity contribution < 1.29 is 5.11 Å². The van der Waals surface area contributed by atoms with Gasteiger partial charge < -0.3 is 20.6 Å². The fraction of sp³-hybridized carbons (Fsp3) is 0.571. The SMILES string of the molecule is CC(O)CNCCNCc1ccc(N(C)C)cc1.Cl.Cl. The maximum absolute atomic E-state index is 9.07. The molecule has 4 nitrogen and oxygen atoms in total. The van der Waals surface area contributed by atoms with Crippen LogP contribution in [0.2, 0.25) is 0 Å². The third-order valence-electron chi connectivity index (χ3n) is 2.70. The monoisotopic (exact) mass is 323 g/mol. The van der Waals surface area contributed by atoms with Crippen molar-refractivity contribution in [3.63, 3.8) is 0 Å². The number of halogens is 2. The van der Waals surface area contributed by atoms with Gasteiger partial charge in [0.05, 0.1) is 6.10 Å². The number of anilines is 1. The van der Waals surface area contributed by atoms with Gasteiger partial charge in [0, 0.05) is 46.0 Å². The molecule has 1 unspecified atom stereocenters. The molecule has 0 aromatic heterocycles. The summed E-state index contributed by atoms with van der Waals surface area (Å²) in [4.78, 5) is 2.09. The summed E-state index contributed by atoms with van der Waals surface area (Å²) in [6, 6.07) is 8.54. The lowest BCUT2D eigenvalue weighted by Crippen LogP contribution is -2.31. The first-order valence-corrected chi connectivity index (χ1v) is 6.45. The molecule has 0 fully saturated rings. The van der Waals surface area contributed by atoms with E-state index < -0.39 is 0 Å². The number of aliphatic hydroxyl groups excluding tert-OH is 1. The normalized spacial score (nSPS) is 11.2. The van der Waals surface area contributed by atoms with E-state index in [4.69, 9.17) is 5.11 Å². The number of nitrogens with one attached hydrogen (secondary N) is 2. The third kappa shape index (κ3) is 9.39. The second-order valence-corrected chi connectivity index (χ2v) is 4.79. The van der Waals surface area contributed by atoms with E-state index in [0.29, 0.717) is 6.54 Å². The van der Waals surface area contributed by atoms with Crippen LogP contribution in [-0.4, -0.2) is 44.9 Å². The summed E-state index contributed by atoms with van der Waals surface area (Å²) in [5.74, 6) is 0. The molecule has 1 aromatic rings. The average Bonchev–Trinajstić information content (AvgIpc) is 2.34. The van der Waals surface area contributed by atoms with Crippen LogP contribution in [0, 0.1) is 0 Å². The third-order valence-corrected chi connectivity index (χ3v) is 2.70. The van der Waals surface area contributed by atoms with Crippen molar-refractivity contribution in [2.45, 2.75) is 19.6 Å². The van der Waals surface area contributed by atoms with Crippen LogP contribution in [0.15, 0.2) is 24.3 Å². The first-order chi connectivity index (χ1) is 8.59. The summed E-state index contributed by atoms with van der Waals surface area (Å²) in [5.41, 5.74) is 2.51. The predicted molar refractivity (Wildman–Crippen MR) is 91.5 cm³/mol. The van der Waals surface area contributed by atoms with Gasteiger partial charge in [0.2, 0.25) is 0 Å². The minimum absolute atomic E-state index is 0. The lowest BCUT2D eigenvalue weighted by atomic mass is 10.2. The maximum Gasteiger partial charge on any atom is 0.0636 e. The average molecular weight is 324 g/mol. The molecule has 0 aliphatic rings. The molecule has 0 aliphatic carbocycles. The Morgan fingerprint density at radius 1 is 1.05 bits per heavy atom. The minimum Gasteiger partial charge on any atom is -0.392 e. The summed E-state index contributed by atoms with van der Waals surface area (Å²) < 4.78 is 0. The molecule has 0 aliphatic heterocycles. The standard InChI is InChI=1S/C14H25N3O.2ClH/c1-12(18)10-15-8-9-16-11-13-4-6-14(7-5-13)17(2)3;;/h4-7,12,15-16,18H,8-11H2,1-3H3;2*1H. The second-order valence-electron chi connectivity index (χ2n) is 4.79. The molecular weight excluding hydrogens is 297 g/mol. The Hall–Kier alpha value is -0.520. The zero-order valence-electron chi connectivity index (χ0n) is 12.4. The van der Waals surface area contributed by atoms with Gasteiger partial charge in [-0.15, -0.1) is 24.8 Å². The van der Waals surface area contributed by atoms with Gasteiger partial charge >= 0.3 is 0 Å². The van der Waals surface area contributed by atoms with Crippen molar-refractivity contribution in [2.75, 3.05) is 38.6 Å². The minimum atomic E-state index is -0.274. The van der Waals surface area contributed by atoms with Crippen molar-refractivity contribution in [1.29, 1.82) is 0 Å². The highest BCUT2D eigenvalue weighted by molar-refractivity contribution is 5.85. The molecule has 0 heterocycles. The van der Waals surface area contributed by atoms with E-state index in [1.165, 1.54) is 11.3 Å². The number of benzene rings is 1. The van der Waals surface area contributed by atoms with Crippen molar-refractivity contribution in [1.82, 2.24) is 10.6 Å². The summed E-state index contributed by atoms with van der Waals surface area (Å²) in [6.07, 6.45) is -0.274. The Balaban J connectivity index is 0. The number of rotatable bonds is 8. The molecule has 0 amide bonds. The number of hydrogen-bond donors (Lipinski definition) is 3. The van der Waals surface area contributed by atoms with Crippen LogP contribution in [0.4, 0.5) is 5.69 Å². The fourth-order valence-corrected chi connectivity index (χ4v) is 1.63. The highest BCUT2D eigenvalue weighted by Crippen LogP contribution is 2.11. The Morgan fingerprint density at radius 2 is 1.60 bits per heavy atom. The van der Waals surface area contributed by atoms with Gasteiger partial charge in [0.25, 0.3) is 0 Å². The van der Waals surface area contributed by atoms with Gasteiger partial charge in [-0.1, -0.05) is 12.1 Å². The molecule has 0 radical (unpaired) electrons. The van der Waals surface area contributed by atoms with Crippen LogP contribution in [0.5, 0.6) is 0 Å². The van der Waals surface area contributed by atoms with E-state index in [2.05, 4.69) is 39.8 Å². The molecule has 6 heteroatoms. The Bertz CT molecular complexity index is 332. The Kier molecular flexibility index (Phi) is 13.3. The smallest absolute Gasteiger partial charge is 0.0636 e. The van der Waals surface area contributed by atoms with Gasteiger partial charge in [0.1, 0.15) is 0 Å².